The fourth-order valence-electron chi connectivity index (χ4n) is 6.86. The monoisotopic (exact) mass is 691 g/mol. The molecule has 1 unspecified atom stereocenters. The van der Waals surface area contributed by atoms with Crippen molar-refractivity contribution in [1.82, 2.24) is 0 Å². The highest BCUT2D eigenvalue weighted by Crippen LogP contribution is 2.50. The van der Waals surface area contributed by atoms with Gasteiger partial charge in [-0.3, -0.25) is 8.98 Å². The summed E-state index contributed by atoms with van der Waals surface area (Å²) in [4.78, 5) is 13.5. The molecule has 0 saturated carbocycles. The van der Waals surface area contributed by atoms with Crippen LogP contribution in [-0.2, 0) is 39.4 Å². The third-order valence-corrected chi connectivity index (χ3v) is 10.8. The van der Waals surface area contributed by atoms with E-state index in [-0.39, 0.29) is 16.7 Å². The minimum absolute atomic E-state index is 0.137. The molecule has 0 fully saturated rings. The fraction of sp³-hybridized carbons (Fsp3) is 0.436. The predicted molar refractivity (Wildman–Crippen MR) is 195 cm³/mol. The average Bonchev–Trinajstić information content (AvgIpc) is 3.44. The lowest BCUT2D eigenvalue weighted by Gasteiger charge is -2.30. The third-order valence-electron chi connectivity index (χ3n) is 9.57. The van der Waals surface area contributed by atoms with E-state index in [0.29, 0.717) is 26.2 Å². The summed E-state index contributed by atoms with van der Waals surface area (Å²) in [6.07, 6.45) is 17.8. The maximum atomic E-state index is 12.5. The molecule has 2 aliphatic heterocycles. The molecule has 2 aliphatic rings. The van der Waals surface area contributed by atoms with Crippen LogP contribution in [0, 0.1) is 0 Å². The molecular weight excluding hydrogens is 641 g/mol. The summed E-state index contributed by atoms with van der Waals surface area (Å²) in [5.41, 5.74) is 5.90. The molecule has 0 amide bonds. The van der Waals surface area contributed by atoms with Gasteiger partial charge in [-0.05, 0) is 69.9 Å². The highest BCUT2D eigenvalue weighted by Gasteiger charge is 2.45. The first-order chi connectivity index (χ1) is 23.4. The van der Waals surface area contributed by atoms with Gasteiger partial charge >= 0.3 is 5.97 Å². The summed E-state index contributed by atoms with van der Waals surface area (Å²) in [6.45, 7) is 9.05. The Hall–Kier alpha value is -3.83. The lowest BCUT2D eigenvalue weighted by molar-refractivity contribution is -0.441. The number of anilines is 1. The number of hydrogen-bond acceptors (Lipinski definition) is 7. The molecule has 0 aliphatic carbocycles. The molecule has 49 heavy (non-hydrogen) atoms. The van der Waals surface area contributed by atoms with Crippen LogP contribution >= 0.6 is 0 Å². The Labute approximate surface area is 292 Å². The van der Waals surface area contributed by atoms with Crippen molar-refractivity contribution in [3.05, 3.63) is 102 Å². The standard InChI is InChI=1S/C39H50N2O7S/c1-38(2)32-29-30(49(44,45)48-6)22-23-34(32)41(26-28-47-5)35(38)19-11-8-7-9-12-20-36-39(3,24-27-46-4)31-17-14-15-18-33(31)40(36)25-16-10-13-21-37(42)43/h7-9,11-12,14-15,17-20,22-23,29H,10,13,16,21,24-28H2,1-6H3/p+1. The molecule has 1 N–H and O–H groups in total. The molecule has 0 saturated heterocycles. The summed E-state index contributed by atoms with van der Waals surface area (Å²) in [5, 5.41) is 9.04. The maximum Gasteiger partial charge on any atom is 0.303 e. The van der Waals surface area contributed by atoms with Gasteiger partial charge in [0.1, 0.15) is 6.61 Å². The summed E-state index contributed by atoms with van der Waals surface area (Å²) in [5.74, 6) is -0.750. The molecule has 1 atom stereocenters. The largest absolute Gasteiger partial charge is 0.481 e. The molecule has 0 aromatic heterocycles. The molecule has 2 aromatic rings. The van der Waals surface area contributed by atoms with Crippen molar-refractivity contribution >= 4 is 33.2 Å². The zero-order chi connectivity index (χ0) is 35.7. The molecule has 2 heterocycles. The number of para-hydroxylation sites is 1. The van der Waals surface area contributed by atoms with E-state index in [1.165, 1.54) is 24.1 Å². The molecule has 0 spiro atoms. The molecule has 2 aromatic carbocycles. The number of aliphatic carboxylic acids is 1. The van der Waals surface area contributed by atoms with Crippen molar-refractivity contribution in [3.8, 4) is 0 Å². The Balaban J connectivity index is 1.57. The Morgan fingerprint density at radius 1 is 0.898 bits per heavy atom. The first kappa shape index (κ1) is 38.0. The van der Waals surface area contributed by atoms with E-state index in [4.69, 9.17) is 18.8 Å². The Morgan fingerprint density at radius 2 is 1.61 bits per heavy atom. The first-order valence-electron chi connectivity index (χ1n) is 16.8. The second-order valence-electron chi connectivity index (χ2n) is 13.1. The van der Waals surface area contributed by atoms with Gasteiger partial charge in [-0.1, -0.05) is 55.0 Å². The lowest BCUT2D eigenvalue weighted by Crippen LogP contribution is -2.30. The third kappa shape index (κ3) is 8.49. The minimum atomic E-state index is -3.82. The number of rotatable bonds is 18. The van der Waals surface area contributed by atoms with Crippen LogP contribution < -0.4 is 4.90 Å². The van der Waals surface area contributed by atoms with Crippen molar-refractivity contribution in [2.24, 2.45) is 0 Å². The Morgan fingerprint density at radius 3 is 2.33 bits per heavy atom. The average molecular weight is 692 g/mol. The van der Waals surface area contributed by atoms with Crippen molar-refractivity contribution in [2.75, 3.05) is 52.5 Å². The van der Waals surface area contributed by atoms with Crippen LogP contribution in [0.1, 0.15) is 64.0 Å². The Bertz CT molecular complexity index is 1750. The van der Waals surface area contributed by atoms with Crippen molar-refractivity contribution in [2.45, 2.75) is 68.6 Å². The number of carbonyl (C=O) groups is 1. The zero-order valence-electron chi connectivity index (χ0n) is 29.6. The number of carboxylic acid groups (broad SMARTS) is 1. The van der Waals surface area contributed by atoms with Gasteiger partial charge in [-0.2, -0.15) is 13.0 Å². The van der Waals surface area contributed by atoms with Crippen molar-refractivity contribution in [3.63, 3.8) is 0 Å². The Kier molecular flexibility index (Phi) is 13.0. The van der Waals surface area contributed by atoms with Crippen LogP contribution in [0.2, 0.25) is 0 Å². The number of carboxylic acids is 1. The van der Waals surface area contributed by atoms with E-state index in [1.54, 1.807) is 26.4 Å². The summed E-state index contributed by atoms with van der Waals surface area (Å²) in [7, 11) is 0.752. The van der Waals surface area contributed by atoms with Gasteiger partial charge in [-0.15, -0.1) is 0 Å². The number of allylic oxidation sites excluding steroid dienone is 8. The zero-order valence-corrected chi connectivity index (χ0v) is 30.5. The molecule has 264 valence electrons. The van der Waals surface area contributed by atoms with Crippen LogP contribution in [0.3, 0.4) is 0 Å². The number of methoxy groups -OCH3 is 2. The quantitative estimate of drug-likeness (QED) is 0.0768. The fourth-order valence-corrected chi connectivity index (χ4v) is 7.55. The topological polar surface area (TPSA) is 105 Å². The summed E-state index contributed by atoms with van der Waals surface area (Å²) in [6, 6.07) is 13.7. The summed E-state index contributed by atoms with van der Waals surface area (Å²) < 4.78 is 42.8. The van der Waals surface area contributed by atoms with Crippen molar-refractivity contribution in [1.29, 1.82) is 0 Å². The van der Waals surface area contributed by atoms with Gasteiger partial charge in [0.15, 0.2) is 12.3 Å². The van der Waals surface area contributed by atoms with Gasteiger partial charge in [0.05, 0.1) is 17.4 Å². The van der Waals surface area contributed by atoms with Crippen LogP contribution in [0.25, 0.3) is 0 Å². The van der Waals surface area contributed by atoms with Gasteiger partial charge in [0.2, 0.25) is 5.69 Å². The highest BCUT2D eigenvalue weighted by molar-refractivity contribution is 7.86. The van der Waals surface area contributed by atoms with E-state index in [0.717, 1.165) is 42.8 Å². The molecule has 4 rings (SSSR count). The van der Waals surface area contributed by atoms with Crippen molar-refractivity contribution < 1.29 is 36.6 Å². The SMILES string of the molecule is COCC[N+]1=C(C=CC=CC=CC=C2N(CCCCCC(=O)O)c3ccccc3C2(C)CCOC)C(C)(C)c2cc(S(=O)(=O)OC)ccc21. The van der Waals surface area contributed by atoms with E-state index < -0.39 is 21.5 Å². The van der Waals surface area contributed by atoms with E-state index >= 15 is 0 Å². The first-order valence-corrected chi connectivity index (χ1v) is 18.2. The predicted octanol–water partition coefficient (Wildman–Crippen LogP) is 7.06. The second kappa shape index (κ2) is 16.7. The minimum Gasteiger partial charge on any atom is -0.481 e. The van der Waals surface area contributed by atoms with Gasteiger partial charge in [0.25, 0.3) is 10.1 Å². The van der Waals surface area contributed by atoms with Gasteiger partial charge in [0, 0.05) is 68.3 Å². The number of ether oxygens (including phenoxy) is 2. The molecule has 0 bridgehead atoms. The molecular formula is C39H51N2O7S+. The van der Waals surface area contributed by atoms with E-state index in [1.807, 2.05) is 30.4 Å². The maximum absolute atomic E-state index is 12.5. The number of fused-ring (bicyclic) bond motifs is 2. The van der Waals surface area contributed by atoms with Crippen LogP contribution in [0.5, 0.6) is 0 Å². The van der Waals surface area contributed by atoms with Crippen LogP contribution in [-0.4, -0.2) is 77.4 Å². The summed E-state index contributed by atoms with van der Waals surface area (Å²) >= 11 is 0. The van der Waals surface area contributed by atoms with Crippen LogP contribution in [0.15, 0.2) is 95.6 Å². The molecule has 0 radical (unpaired) electrons. The number of unbranched alkanes of at least 4 members (excludes halogenated alkanes) is 2. The second-order valence-corrected chi connectivity index (χ2v) is 14.8. The van der Waals surface area contributed by atoms with Crippen LogP contribution in [0.4, 0.5) is 11.4 Å². The molecule has 9 nitrogen and oxygen atoms in total. The number of benzene rings is 2. The normalized spacial score (nSPS) is 19.6. The van der Waals surface area contributed by atoms with Gasteiger partial charge < -0.3 is 19.5 Å². The smallest absolute Gasteiger partial charge is 0.303 e. The highest BCUT2D eigenvalue weighted by atomic mass is 32.2. The van der Waals surface area contributed by atoms with E-state index in [2.05, 4.69) is 72.7 Å². The lowest BCUT2D eigenvalue weighted by atomic mass is 9.78. The van der Waals surface area contributed by atoms with Gasteiger partial charge in [-0.25, -0.2) is 0 Å². The van der Waals surface area contributed by atoms with E-state index in [9.17, 15) is 13.2 Å². The number of hydrogen-bond donors (Lipinski definition) is 1. The molecule has 10 heteroatoms. The number of nitrogens with zero attached hydrogens (tertiary/aromatic N) is 2.